The third kappa shape index (κ3) is 4.23. The molecule has 0 atom stereocenters. The van der Waals surface area contributed by atoms with Crippen molar-refractivity contribution in [2.24, 2.45) is 0 Å². The van der Waals surface area contributed by atoms with Crippen molar-refractivity contribution in [2.45, 2.75) is 33.2 Å². The molecule has 0 bridgehead atoms. The molecule has 0 aliphatic heterocycles. The lowest BCUT2D eigenvalue weighted by Crippen LogP contribution is -2.33. The zero-order valence-electron chi connectivity index (χ0n) is 11.0. The van der Waals surface area contributed by atoms with Crippen LogP contribution in [0.5, 0.6) is 0 Å². The summed E-state index contributed by atoms with van der Waals surface area (Å²) in [6.07, 6.45) is 2.89. The molecule has 17 heavy (non-hydrogen) atoms. The van der Waals surface area contributed by atoms with Crippen LogP contribution in [0.25, 0.3) is 0 Å². The highest BCUT2D eigenvalue weighted by Crippen LogP contribution is 2.19. The van der Waals surface area contributed by atoms with Gasteiger partial charge in [0.15, 0.2) is 0 Å². The van der Waals surface area contributed by atoms with Gasteiger partial charge in [0.25, 0.3) is 0 Å². The smallest absolute Gasteiger partial charge is 0.127 e. The Labute approximate surface area is 104 Å². The monoisotopic (exact) mass is 237 g/mol. The molecular formula is C13H23N3O. The van der Waals surface area contributed by atoms with Crippen LogP contribution in [-0.4, -0.2) is 35.8 Å². The van der Waals surface area contributed by atoms with Crippen LogP contribution in [0, 0.1) is 0 Å². The minimum Gasteiger partial charge on any atom is -0.395 e. The number of anilines is 2. The largest absolute Gasteiger partial charge is 0.395 e. The molecule has 0 unspecified atom stereocenters. The molecule has 0 aliphatic rings. The van der Waals surface area contributed by atoms with Gasteiger partial charge in [-0.3, -0.25) is 0 Å². The van der Waals surface area contributed by atoms with E-state index in [1.807, 2.05) is 12.1 Å². The number of aromatic nitrogens is 1. The topological polar surface area (TPSA) is 48.4 Å². The van der Waals surface area contributed by atoms with E-state index in [-0.39, 0.29) is 6.61 Å². The van der Waals surface area contributed by atoms with Crippen LogP contribution < -0.4 is 10.2 Å². The lowest BCUT2D eigenvalue weighted by atomic mass is 10.2. The van der Waals surface area contributed by atoms with E-state index in [0.29, 0.717) is 12.6 Å². The van der Waals surface area contributed by atoms with Gasteiger partial charge in [-0.1, -0.05) is 6.92 Å². The fourth-order valence-electron chi connectivity index (χ4n) is 1.74. The van der Waals surface area contributed by atoms with Crippen molar-refractivity contribution in [2.75, 3.05) is 29.9 Å². The summed E-state index contributed by atoms with van der Waals surface area (Å²) in [4.78, 5) is 6.44. The zero-order valence-corrected chi connectivity index (χ0v) is 11.0. The second kappa shape index (κ2) is 7.12. The van der Waals surface area contributed by atoms with Crippen LogP contribution in [0.15, 0.2) is 18.3 Å². The molecule has 1 aromatic rings. The Morgan fingerprint density at radius 3 is 2.82 bits per heavy atom. The average molecular weight is 237 g/mol. The highest BCUT2D eigenvalue weighted by Gasteiger charge is 2.10. The first-order valence-corrected chi connectivity index (χ1v) is 6.26. The third-order valence-corrected chi connectivity index (χ3v) is 2.60. The van der Waals surface area contributed by atoms with Gasteiger partial charge < -0.3 is 15.3 Å². The first-order chi connectivity index (χ1) is 8.19. The van der Waals surface area contributed by atoms with Gasteiger partial charge in [0.05, 0.1) is 6.61 Å². The number of aliphatic hydroxyl groups excluding tert-OH is 1. The minimum absolute atomic E-state index is 0.165. The van der Waals surface area contributed by atoms with Gasteiger partial charge in [-0.05, 0) is 26.3 Å². The van der Waals surface area contributed by atoms with Crippen molar-refractivity contribution in [1.82, 2.24) is 4.98 Å². The van der Waals surface area contributed by atoms with Crippen LogP contribution in [0.3, 0.4) is 0 Å². The van der Waals surface area contributed by atoms with E-state index in [1.54, 1.807) is 6.20 Å². The molecule has 0 amide bonds. The molecule has 4 heteroatoms. The predicted octanol–water partition coefficient (Wildman–Crippen LogP) is 2.11. The van der Waals surface area contributed by atoms with Crippen molar-refractivity contribution in [3.8, 4) is 0 Å². The number of nitrogens with zero attached hydrogens (tertiary/aromatic N) is 2. The summed E-state index contributed by atoms with van der Waals surface area (Å²) in [6.45, 7) is 8.11. The Morgan fingerprint density at radius 1 is 1.47 bits per heavy atom. The van der Waals surface area contributed by atoms with E-state index in [9.17, 15) is 0 Å². The molecule has 0 saturated heterocycles. The number of hydrogen-bond donors (Lipinski definition) is 2. The second-order valence-electron chi connectivity index (χ2n) is 4.34. The molecule has 0 aromatic carbocycles. The molecule has 0 saturated carbocycles. The Hall–Kier alpha value is -1.29. The standard InChI is InChI=1S/C13H23N3O/c1-4-6-14-13-10-12(5-7-15-13)16(8-9-17)11(2)3/h5,7,10-11,17H,4,6,8-9H2,1-3H3,(H,14,15). The van der Waals surface area contributed by atoms with Crippen LogP contribution in [0.1, 0.15) is 27.2 Å². The maximum Gasteiger partial charge on any atom is 0.127 e. The molecule has 0 spiro atoms. The lowest BCUT2D eigenvalue weighted by Gasteiger charge is -2.28. The van der Waals surface area contributed by atoms with Crippen LogP contribution in [0.4, 0.5) is 11.5 Å². The van der Waals surface area contributed by atoms with Gasteiger partial charge in [-0.25, -0.2) is 4.98 Å². The Morgan fingerprint density at radius 2 is 2.24 bits per heavy atom. The fraction of sp³-hybridized carbons (Fsp3) is 0.615. The van der Waals surface area contributed by atoms with E-state index in [1.165, 1.54) is 0 Å². The molecule has 1 heterocycles. The Balaban J connectivity index is 2.80. The van der Waals surface area contributed by atoms with Crippen molar-refractivity contribution in [1.29, 1.82) is 0 Å². The van der Waals surface area contributed by atoms with E-state index in [2.05, 4.69) is 36.0 Å². The normalized spacial score (nSPS) is 10.6. The summed E-state index contributed by atoms with van der Waals surface area (Å²) in [5, 5.41) is 12.4. The van der Waals surface area contributed by atoms with Gasteiger partial charge in [-0.2, -0.15) is 0 Å². The maximum atomic E-state index is 9.08. The molecular weight excluding hydrogens is 214 g/mol. The van der Waals surface area contributed by atoms with Crippen LogP contribution in [-0.2, 0) is 0 Å². The summed E-state index contributed by atoms with van der Waals surface area (Å²) in [5.74, 6) is 0.896. The molecule has 4 nitrogen and oxygen atoms in total. The molecule has 2 N–H and O–H groups in total. The molecule has 1 aromatic heterocycles. The zero-order chi connectivity index (χ0) is 12.7. The van der Waals surface area contributed by atoms with Gasteiger partial charge in [-0.15, -0.1) is 0 Å². The van der Waals surface area contributed by atoms with E-state index >= 15 is 0 Å². The Kier molecular flexibility index (Phi) is 5.77. The molecule has 0 fully saturated rings. The first kappa shape index (κ1) is 13.8. The van der Waals surface area contributed by atoms with Gasteiger partial charge >= 0.3 is 0 Å². The average Bonchev–Trinajstić information content (AvgIpc) is 2.33. The summed E-state index contributed by atoms with van der Waals surface area (Å²) in [5.41, 5.74) is 1.10. The van der Waals surface area contributed by atoms with Gasteiger partial charge in [0.2, 0.25) is 0 Å². The fourth-order valence-corrected chi connectivity index (χ4v) is 1.74. The summed E-state index contributed by atoms with van der Waals surface area (Å²) in [7, 11) is 0. The molecule has 0 aliphatic carbocycles. The first-order valence-electron chi connectivity index (χ1n) is 6.26. The van der Waals surface area contributed by atoms with Gasteiger partial charge in [0.1, 0.15) is 5.82 Å². The SMILES string of the molecule is CCCNc1cc(N(CCO)C(C)C)ccn1. The van der Waals surface area contributed by atoms with Crippen molar-refractivity contribution in [3.63, 3.8) is 0 Å². The van der Waals surface area contributed by atoms with Gasteiger partial charge in [0, 0.05) is 37.1 Å². The van der Waals surface area contributed by atoms with Crippen LogP contribution >= 0.6 is 0 Å². The highest BCUT2D eigenvalue weighted by molar-refractivity contribution is 5.54. The number of pyridine rings is 1. The quantitative estimate of drug-likeness (QED) is 0.762. The van der Waals surface area contributed by atoms with E-state index < -0.39 is 0 Å². The third-order valence-electron chi connectivity index (χ3n) is 2.60. The molecule has 1 rings (SSSR count). The second-order valence-corrected chi connectivity index (χ2v) is 4.34. The maximum absolute atomic E-state index is 9.08. The number of rotatable bonds is 7. The number of aliphatic hydroxyl groups is 1. The van der Waals surface area contributed by atoms with Crippen molar-refractivity contribution in [3.05, 3.63) is 18.3 Å². The molecule has 96 valence electrons. The highest BCUT2D eigenvalue weighted by atomic mass is 16.3. The summed E-state index contributed by atoms with van der Waals surface area (Å²) in [6, 6.07) is 4.38. The molecule has 0 radical (unpaired) electrons. The van der Waals surface area contributed by atoms with E-state index in [0.717, 1.165) is 24.5 Å². The van der Waals surface area contributed by atoms with E-state index in [4.69, 9.17) is 5.11 Å². The Bertz CT molecular complexity index is 328. The number of nitrogens with one attached hydrogen (secondary N) is 1. The lowest BCUT2D eigenvalue weighted by molar-refractivity contribution is 0.299. The van der Waals surface area contributed by atoms with Crippen LogP contribution in [0.2, 0.25) is 0 Å². The van der Waals surface area contributed by atoms with Crippen molar-refractivity contribution < 1.29 is 5.11 Å². The minimum atomic E-state index is 0.165. The van der Waals surface area contributed by atoms with Crippen molar-refractivity contribution >= 4 is 11.5 Å². The number of hydrogen-bond acceptors (Lipinski definition) is 4. The summed E-state index contributed by atoms with van der Waals surface area (Å²) >= 11 is 0. The summed E-state index contributed by atoms with van der Waals surface area (Å²) < 4.78 is 0. The predicted molar refractivity (Wildman–Crippen MR) is 72.6 cm³/mol.